The van der Waals surface area contributed by atoms with Crippen molar-refractivity contribution in [3.8, 4) is 11.8 Å². The second kappa shape index (κ2) is 10.9. The molecule has 4 aliphatic carbocycles. The van der Waals surface area contributed by atoms with Gasteiger partial charge in [-0.2, -0.15) is 10.4 Å². The molecule has 1 heterocycles. The fraction of sp³-hybridized carbons (Fsp3) is 0.588. The Morgan fingerprint density at radius 2 is 2.00 bits per heavy atom. The first-order valence-corrected chi connectivity index (χ1v) is 16.4. The molecular formula is C34H40FN3O4S. The van der Waals surface area contributed by atoms with Crippen LogP contribution in [0.1, 0.15) is 77.5 Å². The molecule has 0 radical (unpaired) electrons. The van der Waals surface area contributed by atoms with E-state index in [0.717, 1.165) is 54.4 Å². The SMILES string of the molecule is CC(C)CC(=O)OC1(C(=O)SCC#N)CC[C@H]2C3CCC4=Cc5c(cnn5-c5ccc(F)cc5)CC4(C)[C@H]3C(O)CC21C. The summed E-state index contributed by atoms with van der Waals surface area (Å²) in [5.74, 6) is -0.355. The largest absolute Gasteiger partial charge is 0.449 e. The number of aliphatic hydroxyl groups is 1. The van der Waals surface area contributed by atoms with E-state index in [-0.39, 0.29) is 52.2 Å². The van der Waals surface area contributed by atoms with Gasteiger partial charge >= 0.3 is 5.97 Å². The van der Waals surface area contributed by atoms with E-state index >= 15 is 0 Å². The average Bonchev–Trinajstić information content (AvgIpc) is 3.47. The van der Waals surface area contributed by atoms with Gasteiger partial charge in [-0.1, -0.05) is 45.0 Å². The molecule has 0 bridgehead atoms. The van der Waals surface area contributed by atoms with Crippen molar-refractivity contribution in [1.82, 2.24) is 9.78 Å². The number of carbonyl (C=O) groups excluding carboxylic acids is 2. The number of aliphatic hydroxyl groups excluding tert-OH is 1. The molecule has 0 spiro atoms. The molecule has 3 fully saturated rings. The van der Waals surface area contributed by atoms with Crippen LogP contribution in [-0.2, 0) is 20.7 Å². The Balaban J connectivity index is 1.34. The van der Waals surface area contributed by atoms with Gasteiger partial charge in [0.15, 0.2) is 5.60 Å². The van der Waals surface area contributed by atoms with E-state index in [2.05, 4.69) is 18.1 Å². The molecule has 2 aromatic rings. The molecule has 43 heavy (non-hydrogen) atoms. The van der Waals surface area contributed by atoms with Crippen LogP contribution in [0.2, 0.25) is 0 Å². The molecule has 0 amide bonds. The summed E-state index contributed by atoms with van der Waals surface area (Å²) in [7, 11) is 0. The smallest absolute Gasteiger partial charge is 0.307 e. The zero-order chi connectivity index (χ0) is 30.7. The lowest BCUT2D eigenvalue weighted by molar-refractivity contribution is -0.197. The Morgan fingerprint density at radius 1 is 1.26 bits per heavy atom. The summed E-state index contributed by atoms with van der Waals surface area (Å²) in [6, 6.07) is 8.39. The van der Waals surface area contributed by atoms with Crippen LogP contribution >= 0.6 is 11.8 Å². The predicted octanol–water partition coefficient (Wildman–Crippen LogP) is 6.28. The van der Waals surface area contributed by atoms with E-state index in [1.807, 2.05) is 37.7 Å². The molecule has 1 aromatic carbocycles. The molecular weight excluding hydrogens is 565 g/mol. The lowest BCUT2D eigenvalue weighted by atomic mass is 9.45. The zero-order valence-corrected chi connectivity index (χ0v) is 26.1. The number of nitrogens with zero attached hydrogens (tertiary/aromatic N) is 3. The monoisotopic (exact) mass is 605 g/mol. The molecule has 1 N–H and O–H groups in total. The molecule has 7 atom stereocenters. The lowest BCUT2D eigenvalue weighted by Crippen LogP contribution is -2.62. The van der Waals surface area contributed by atoms with E-state index in [0.29, 0.717) is 12.8 Å². The fourth-order valence-electron chi connectivity index (χ4n) is 9.29. The van der Waals surface area contributed by atoms with Crippen LogP contribution in [0.25, 0.3) is 11.8 Å². The Bertz CT molecular complexity index is 1510. The summed E-state index contributed by atoms with van der Waals surface area (Å²) >= 11 is 0.931. The summed E-state index contributed by atoms with van der Waals surface area (Å²) in [5, 5.41) is 25.7. The van der Waals surface area contributed by atoms with Crippen LogP contribution in [0.3, 0.4) is 0 Å². The number of allylic oxidation sites excluding steroid dienone is 1. The van der Waals surface area contributed by atoms with Gasteiger partial charge in [0.25, 0.3) is 0 Å². The van der Waals surface area contributed by atoms with Crippen molar-refractivity contribution in [3.63, 3.8) is 0 Å². The van der Waals surface area contributed by atoms with Crippen molar-refractivity contribution in [2.45, 2.75) is 84.3 Å². The quantitative estimate of drug-likeness (QED) is 0.387. The zero-order valence-electron chi connectivity index (χ0n) is 25.3. The number of esters is 1. The summed E-state index contributed by atoms with van der Waals surface area (Å²) in [5.41, 5.74) is 1.83. The Morgan fingerprint density at radius 3 is 2.70 bits per heavy atom. The summed E-state index contributed by atoms with van der Waals surface area (Å²) in [4.78, 5) is 27.0. The Labute approximate surface area is 256 Å². The molecule has 7 nitrogen and oxygen atoms in total. The maximum absolute atomic E-state index is 13.9. The number of hydrogen-bond acceptors (Lipinski definition) is 7. The number of aromatic nitrogens is 2. The van der Waals surface area contributed by atoms with E-state index in [9.17, 15) is 24.3 Å². The second-order valence-corrected chi connectivity index (χ2v) is 14.9. The van der Waals surface area contributed by atoms with Gasteiger partial charge in [-0.25, -0.2) is 9.07 Å². The molecule has 4 aliphatic rings. The number of ether oxygens (including phenoxy) is 1. The van der Waals surface area contributed by atoms with E-state index in [1.165, 1.54) is 17.7 Å². The van der Waals surface area contributed by atoms with Gasteiger partial charge in [0.05, 0.1) is 35.5 Å². The highest BCUT2D eigenvalue weighted by molar-refractivity contribution is 8.14. The van der Waals surface area contributed by atoms with Gasteiger partial charge in [0.2, 0.25) is 5.12 Å². The van der Waals surface area contributed by atoms with Crippen molar-refractivity contribution < 1.29 is 23.8 Å². The molecule has 5 unspecified atom stereocenters. The molecule has 228 valence electrons. The third-order valence-electron chi connectivity index (χ3n) is 11.1. The number of carbonyl (C=O) groups is 2. The standard InChI is InChI=1S/C34H40FN3O4S/c1-20(2)15-29(40)42-34(31(41)43-14-13-36)12-11-26-25-10-5-22-16-27-21(19-37-38(27)24-8-6-23(35)7-9-24)17-32(22,3)30(25)28(39)18-33(26,34)4/h6-9,16,19-20,25-26,28,30,39H,5,10-12,14-15,17-18H2,1-4H3/t25?,26-,28?,30+,32?,33?,34?/m0/s1. The minimum atomic E-state index is -1.36. The first-order valence-electron chi connectivity index (χ1n) is 15.4. The molecule has 3 saturated carbocycles. The van der Waals surface area contributed by atoms with E-state index in [4.69, 9.17) is 4.74 Å². The maximum atomic E-state index is 13.9. The third kappa shape index (κ3) is 4.67. The number of rotatable bonds is 6. The first kappa shape index (κ1) is 30.1. The summed E-state index contributed by atoms with van der Waals surface area (Å²) in [6.07, 6.45) is 7.62. The van der Waals surface area contributed by atoms with Gasteiger partial charge in [-0.05, 0) is 104 Å². The number of halogens is 1. The van der Waals surface area contributed by atoms with Crippen LogP contribution in [0.15, 0.2) is 36.0 Å². The van der Waals surface area contributed by atoms with Crippen LogP contribution in [-0.4, -0.2) is 43.4 Å². The topological polar surface area (TPSA) is 105 Å². The number of benzene rings is 1. The third-order valence-corrected chi connectivity index (χ3v) is 11.9. The molecule has 6 rings (SSSR count). The van der Waals surface area contributed by atoms with Crippen molar-refractivity contribution in [1.29, 1.82) is 5.26 Å². The molecule has 0 aliphatic heterocycles. The maximum Gasteiger partial charge on any atom is 0.307 e. The molecule has 1 aromatic heterocycles. The highest BCUT2D eigenvalue weighted by Crippen LogP contribution is 2.69. The molecule has 9 heteroatoms. The van der Waals surface area contributed by atoms with Gasteiger partial charge in [-0.3, -0.25) is 9.59 Å². The van der Waals surface area contributed by atoms with E-state index in [1.54, 1.807) is 12.1 Å². The van der Waals surface area contributed by atoms with Gasteiger partial charge in [0, 0.05) is 11.8 Å². The lowest BCUT2D eigenvalue weighted by Gasteiger charge is -2.60. The van der Waals surface area contributed by atoms with Crippen LogP contribution in [0.4, 0.5) is 4.39 Å². The number of hydrogen-bond donors (Lipinski definition) is 1. The first-order chi connectivity index (χ1) is 20.4. The van der Waals surface area contributed by atoms with E-state index < -0.39 is 23.1 Å². The second-order valence-electron chi connectivity index (χ2n) is 13.9. The van der Waals surface area contributed by atoms with Gasteiger partial charge < -0.3 is 9.84 Å². The number of fused-ring (bicyclic) bond motifs is 6. The van der Waals surface area contributed by atoms with Crippen LogP contribution < -0.4 is 0 Å². The predicted molar refractivity (Wildman–Crippen MR) is 162 cm³/mol. The van der Waals surface area contributed by atoms with Crippen molar-refractivity contribution in [2.75, 3.05) is 5.75 Å². The van der Waals surface area contributed by atoms with Gasteiger partial charge in [-0.15, -0.1) is 0 Å². The highest BCUT2D eigenvalue weighted by Gasteiger charge is 2.70. The summed E-state index contributed by atoms with van der Waals surface area (Å²) in [6.45, 7) is 8.19. The minimum absolute atomic E-state index is 0.00215. The summed E-state index contributed by atoms with van der Waals surface area (Å²) < 4.78 is 21.7. The van der Waals surface area contributed by atoms with Crippen LogP contribution in [0.5, 0.6) is 0 Å². The Kier molecular flexibility index (Phi) is 7.62. The average molecular weight is 606 g/mol. The molecule has 0 saturated heterocycles. The highest BCUT2D eigenvalue weighted by atomic mass is 32.2. The van der Waals surface area contributed by atoms with Crippen molar-refractivity contribution >= 4 is 28.9 Å². The van der Waals surface area contributed by atoms with Crippen molar-refractivity contribution in [2.24, 2.45) is 34.5 Å². The normalized spacial score (nSPS) is 34.3. The number of nitriles is 1. The number of thioether (sulfide) groups is 1. The van der Waals surface area contributed by atoms with Crippen LogP contribution in [0, 0.1) is 51.6 Å². The fourth-order valence-corrected chi connectivity index (χ4v) is 10.1. The van der Waals surface area contributed by atoms with Crippen molar-refractivity contribution in [3.05, 3.63) is 53.1 Å². The van der Waals surface area contributed by atoms with Gasteiger partial charge in [0.1, 0.15) is 5.82 Å². The Hall–Kier alpha value is -2.96. The minimum Gasteiger partial charge on any atom is -0.449 e.